The van der Waals surface area contributed by atoms with E-state index in [-0.39, 0.29) is 22.5 Å². The molecule has 0 saturated carbocycles. The number of benzene rings is 3. The van der Waals surface area contributed by atoms with Gasteiger partial charge in [-0.15, -0.1) is 0 Å². The van der Waals surface area contributed by atoms with Crippen LogP contribution in [0.2, 0.25) is 0 Å². The van der Waals surface area contributed by atoms with Crippen LogP contribution >= 0.6 is 11.7 Å². The van der Waals surface area contributed by atoms with E-state index in [4.69, 9.17) is 0 Å². The first kappa shape index (κ1) is 21.0. The SMILES string of the molecule is O=C(Nc1ccccc1F)[C@@H](Cc1ccccc1)NS(=O)(=O)c1cccc2nsnc12. The van der Waals surface area contributed by atoms with E-state index in [1.165, 1.54) is 24.3 Å². The van der Waals surface area contributed by atoms with Crippen LogP contribution in [-0.2, 0) is 21.2 Å². The minimum Gasteiger partial charge on any atom is -0.322 e. The van der Waals surface area contributed by atoms with Gasteiger partial charge in [0.1, 0.15) is 27.8 Å². The molecule has 10 heteroatoms. The molecule has 7 nitrogen and oxygen atoms in total. The highest BCUT2D eigenvalue weighted by molar-refractivity contribution is 7.89. The number of hydrogen-bond acceptors (Lipinski definition) is 6. The summed E-state index contributed by atoms with van der Waals surface area (Å²) < 4.78 is 50.9. The van der Waals surface area contributed by atoms with Crippen LogP contribution in [0.1, 0.15) is 5.56 Å². The standard InChI is InChI=1S/C21H17FN4O3S2/c22-15-9-4-5-10-16(15)23-21(27)18(13-14-7-2-1-3-8-14)26-31(28,29)19-12-6-11-17-20(19)25-30-24-17/h1-12,18,26H,13H2,(H,23,27)/t18-/m1/s1. The fraction of sp³-hybridized carbons (Fsp3) is 0.0952. The maximum absolute atomic E-state index is 14.0. The van der Waals surface area contributed by atoms with Crippen molar-refractivity contribution >= 4 is 44.4 Å². The summed E-state index contributed by atoms with van der Waals surface area (Å²) in [6.45, 7) is 0. The van der Waals surface area contributed by atoms with Gasteiger partial charge in [0.05, 0.1) is 17.4 Å². The third kappa shape index (κ3) is 4.76. The Morgan fingerprint density at radius 2 is 1.71 bits per heavy atom. The molecular weight excluding hydrogens is 439 g/mol. The predicted octanol–water partition coefficient (Wildman–Crippen LogP) is 3.36. The van der Waals surface area contributed by atoms with Gasteiger partial charge in [-0.05, 0) is 36.2 Å². The minimum absolute atomic E-state index is 0.0319. The van der Waals surface area contributed by atoms with Crippen molar-refractivity contribution in [1.82, 2.24) is 13.5 Å². The lowest BCUT2D eigenvalue weighted by Gasteiger charge is -2.19. The Bertz CT molecular complexity index is 1330. The first-order valence-electron chi connectivity index (χ1n) is 9.27. The fourth-order valence-corrected chi connectivity index (χ4v) is 5.03. The molecular formula is C21H17FN4O3S2. The molecule has 1 amide bonds. The molecule has 0 aliphatic rings. The van der Waals surface area contributed by atoms with Crippen molar-refractivity contribution in [3.05, 3.63) is 84.2 Å². The van der Waals surface area contributed by atoms with Crippen LogP contribution in [0.3, 0.4) is 0 Å². The molecule has 0 saturated heterocycles. The molecule has 2 N–H and O–H groups in total. The number of carbonyl (C=O) groups is 1. The van der Waals surface area contributed by atoms with E-state index in [1.807, 2.05) is 6.07 Å². The van der Waals surface area contributed by atoms with Crippen LogP contribution in [0.15, 0.2) is 77.7 Å². The highest BCUT2D eigenvalue weighted by Crippen LogP contribution is 2.22. The number of fused-ring (bicyclic) bond motifs is 1. The van der Waals surface area contributed by atoms with Gasteiger partial charge < -0.3 is 5.32 Å². The normalized spacial score (nSPS) is 12.5. The number of nitrogens with zero attached hydrogens (tertiary/aromatic N) is 2. The third-order valence-electron chi connectivity index (χ3n) is 4.57. The van der Waals surface area contributed by atoms with E-state index >= 15 is 0 Å². The number of para-hydroxylation sites is 1. The minimum atomic E-state index is -4.12. The second-order valence-electron chi connectivity index (χ2n) is 6.72. The average molecular weight is 457 g/mol. The van der Waals surface area contributed by atoms with E-state index in [0.29, 0.717) is 5.52 Å². The van der Waals surface area contributed by atoms with Gasteiger partial charge in [0.15, 0.2) is 0 Å². The highest BCUT2D eigenvalue weighted by Gasteiger charge is 2.28. The van der Waals surface area contributed by atoms with E-state index in [0.717, 1.165) is 17.3 Å². The van der Waals surface area contributed by atoms with Crippen LogP contribution in [0.5, 0.6) is 0 Å². The number of amides is 1. The van der Waals surface area contributed by atoms with Crippen LogP contribution < -0.4 is 10.0 Å². The molecule has 1 aromatic heterocycles. The van der Waals surface area contributed by atoms with Crippen LogP contribution in [0.25, 0.3) is 11.0 Å². The Hall–Kier alpha value is -3.21. The van der Waals surface area contributed by atoms with Gasteiger partial charge in [0.2, 0.25) is 15.9 Å². The van der Waals surface area contributed by atoms with Gasteiger partial charge in [-0.1, -0.05) is 48.5 Å². The topological polar surface area (TPSA) is 101 Å². The maximum Gasteiger partial charge on any atom is 0.243 e. The zero-order valence-corrected chi connectivity index (χ0v) is 17.7. The lowest BCUT2D eigenvalue weighted by Crippen LogP contribution is -2.45. The third-order valence-corrected chi connectivity index (χ3v) is 6.61. The smallest absolute Gasteiger partial charge is 0.243 e. The molecule has 0 unspecified atom stereocenters. The van der Waals surface area contributed by atoms with E-state index in [9.17, 15) is 17.6 Å². The summed E-state index contributed by atoms with van der Waals surface area (Å²) in [4.78, 5) is 12.9. The predicted molar refractivity (Wildman–Crippen MR) is 117 cm³/mol. The van der Waals surface area contributed by atoms with E-state index < -0.39 is 27.8 Å². The molecule has 0 spiro atoms. The lowest BCUT2D eigenvalue weighted by atomic mass is 10.1. The van der Waals surface area contributed by atoms with Crippen LogP contribution in [-0.4, -0.2) is 29.1 Å². The molecule has 0 fully saturated rings. The van der Waals surface area contributed by atoms with Crippen molar-refractivity contribution in [2.75, 3.05) is 5.32 Å². The second kappa shape index (κ2) is 8.88. The number of hydrogen-bond donors (Lipinski definition) is 2. The van der Waals surface area contributed by atoms with Crippen molar-refractivity contribution < 1.29 is 17.6 Å². The Labute approximate surface area is 182 Å². The van der Waals surface area contributed by atoms with Gasteiger partial charge in [-0.3, -0.25) is 4.79 Å². The molecule has 4 rings (SSSR count). The van der Waals surface area contributed by atoms with Gasteiger partial charge >= 0.3 is 0 Å². The molecule has 158 valence electrons. The largest absolute Gasteiger partial charge is 0.322 e. The average Bonchev–Trinajstić information content (AvgIpc) is 3.24. The quantitative estimate of drug-likeness (QED) is 0.444. The molecule has 1 heterocycles. The lowest BCUT2D eigenvalue weighted by molar-refractivity contribution is -0.117. The van der Waals surface area contributed by atoms with E-state index in [1.54, 1.807) is 42.5 Å². The first-order chi connectivity index (χ1) is 14.9. The number of aromatic nitrogens is 2. The van der Waals surface area contributed by atoms with Gasteiger partial charge in [-0.2, -0.15) is 13.5 Å². The van der Waals surface area contributed by atoms with Gasteiger partial charge in [-0.25, -0.2) is 12.8 Å². The van der Waals surface area contributed by atoms with Crippen molar-refractivity contribution in [2.45, 2.75) is 17.4 Å². The Morgan fingerprint density at radius 3 is 2.48 bits per heavy atom. The molecule has 3 aromatic carbocycles. The molecule has 0 bridgehead atoms. The van der Waals surface area contributed by atoms with Crippen molar-refractivity contribution in [3.8, 4) is 0 Å². The number of nitrogens with one attached hydrogen (secondary N) is 2. The van der Waals surface area contributed by atoms with E-state index in [2.05, 4.69) is 18.8 Å². The first-order valence-corrected chi connectivity index (χ1v) is 11.5. The summed E-state index contributed by atoms with van der Waals surface area (Å²) >= 11 is 0.901. The second-order valence-corrected chi connectivity index (χ2v) is 8.93. The van der Waals surface area contributed by atoms with Crippen molar-refractivity contribution in [2.24, 2.45) is 0 Å². The van der Waals surface area contributed by atoms with Crippen molar-refractivity contribution in [3.63, 3.8) is 0 Å². The Balaban J connectivity index is 1.66. The Kier molecular flexibility index (Phi) is 6.03. The molecule has 1 atom stereocenters. The van der Waals surface area contributed by atoms with Gasteiger partial charge in [0, 0.05) is 0 Å². The zero-order valence-electron chi connectivity index (χ0n) is 16.0. The summed E-state index contributed by atoms with van der Waals surface area (Å²) in [5.41, 5.74) is 1.39. The zero-order chi connectivity index (χ0) is 21.8. The summed E-state index contributed by atoms with van der Waals surface area (Å²) in [5, 5.41) is 2.47. The molecule has 4 aromatic rings. The molecule has 0 radical (unpaired) electrons. The molecule has 0 aliphatic heterocycles. The maximum atomic E-state index is 14.0. The number of anilines is 1. The fourth-order valence-electron chi connectivity index (χ4n) is 3.07. The van der Waals surface area contributed by atoms with Crippen LogP contribution in [0, 0.1) is 5.82 Å². The summed E-state index contributed by atoms with van der Waals surface area (Å²) in [6.07, 6.45) is 0.0750. The van der Waals surface area contributed by atoms with Crippen molar-refractivity contribution in [1.29, 1.82) is 0 Å². The summed E-state index contributed by atoms with van der Waals surface area (Å²) in [6, 6.07) is 18.1. The number of rotatable bonds is 7. The van der Waals surface area contributed by atoms with Gasteiger partial charge in [0.25, 0.3) is 0 Å². The number of carbonyl (C=O) groups excluding carboxylic acids is 1. The summed E-state index contributed by atoms with van der Waals surface area (Å²) in [7, 11) is -4.12. The monoisotopic (exact) mass is 456 g/mol. The summed E-state index contributed by atoms with van der Waals surface area (Å²) in [5.74, 6) is -1.29. The molecule has 31 heavy (non-hydrogen) atoms. The highest BCUT2D eigenvalue weighted by atomic mass is 32.2. The van der Waals surface area contributed by atoms with Crippen LogP contribution in [0.4, 0.5) is 10.1 Å². The number of halogens is 1. The number of sulfonamides is 1. The Morgan fingerprint density at radius 1 is 0.968 bits per heavy atom. The molecule has 0 aliphatic carbocycles.